The average molecular weight is 624 g/mol. The molecule has 0 aliphatic rings. The normalized spacial score (nSPS) is 12.3. The molecule has 0 amide bonds. The van der Waals surface area contributed by atoms with Crippen LogP contribution in [0.3, 0.4) is 0 Å². The first-order chi connectivity index (χ1) is 22.8. The minimum absolute atomic E-state index is 0.635. The second kappa shape index (κ2) is 9.01. The molecule has 46 heavy (non-hydrogen) atoms. The number of benzene rings is 6. The van der Waals surface area contributed by atoms with Gasteiger partial charge in [-0.05, 0) is 48.5 Å². The van der Waals surface area contributed by atoms with Crippen molar-refractivity contribution in [3.05, 3.63) is 127 Å². The zero-order chi connectivity index (χ0) is 29.9. The molecule has 6 aromatic carbocycles. The van der Waals surface area contributed by atoms with Crippen molar-refractivity contribution in [2.24, 2.45) is 0 Å². The summed E-state index contributed by atoms with van der Waals surface area (Å²) in [6.07, 6.45) is 0. The first-order valence-electron chi connectivity index (χ1n) is 15.2. The average Bonchev–Trinajstić information content (AvgIpc) is 3.86. The molecule has 0 atom stereocenters. The van der Waals surface area contributed by atoms with Crippen LogP contribution in [-0.4, -0.2) is 14.5 Å². The number of aromatic nitrogens is 3. The van der Waals surface area contributed by atoms with Crippen molar-refractivity contribution >= 4 is 107 Å². The maximum Gasteiger partial charge on any atom is 0.236 e. The molecule has 0 N–H and O–H groups in total. The molecule has 0 unspecified atom stereocenters. The van der Waals surface area contributed by atoms with Gasteiger partial charge in [-0.2, -0.15) is 0 Å². The highest BCUT2D eigenvalue weighted by atomic mass is 32.1. The van der Waals surface area contributed by atoms with Crippen molar-refractivity contribution in [1.29, 1.82) is 0 Å². The third kappa shape index (κ3) is 3.27. The number of furan rings is 1. The lowest BCUT2D eigenvalue weighted by Crippen LogP contribution is -2.02. The van der Waals surface area contributed by atoms with Crippen molar-refractivity contribution in [3.8, 4) is 17.2 Å². The van der Waals surface area contributed by atoms with Gasteiger partial charge in [-0.1, -0.05) is 78.9 Å². The van der Waals surface area contributed by atoms with Gasteiger partial charge in [0.25, 0.3) is 0 Å². The molecule has 0 saturated carbocycles. The van der Waals surface area contributed by atoms with Crippen molar-refractivity contribution < 1.29 is 4.42 Å². The molecule has 214 valence electrons. The smallest absolute Gasteiger partial charge is 0.236 e. The summed E-state index contributed by atoms with van der Waals surface area (Å²) in [6.45, 7) is 0. The highest BCUT2D eigenvalue weighted by molar-refractivity contribution is 7.27. The molecule has 0 radical (unpaired) electrons. The lowest BCUT2D eigenvalue weighted by Gasteiger charge is -2.10. The van der Waals surface area contributed by atoms with E-state index in [4.69, 9.17) is 14.4 Å². The van der Waals surface area contributed by atoms with Gasteiger partial charge in [0.15, 0.2) is 5.58 Å². The third-order valence-corrected chi connectivity index (χ3v) is 11.6. The molecule has 11 rings (SSSR count). The summed E-state index contributed by atoms with van der Waals surface area (Å²) in [7, 11) is 0. The number of nitrogens with zero attached hydrogens (tertiary/aromatic N) is 3. The summed E-state index contributed by atoms with van der Waals surface area (Å²) in [5, 5.41) is 8.48. The highest BCUT2D eigenvalue weighted by Crippen LogP contribution is 2.44. The van der Waals surface area contributed by atoms with Gasteiger partial charge in [-0.25, -0.2) is 9.97 Å². The zero-order valence-electron chi connectivity index (χ0n) is 24.2. The van der Waals surface area contributed by atoms with E-state index in [1.165, 1.54) is 51.1 Å². The molecular weight excluding hydrogens is 603 g/mol. The van der Waals surface area contributed by atoms with Gasteiger partial charge in [-0.15, -0.1) is 22.7 Å². The van der Waals surface area contributed by atoms with E-state index in [1.54, 1.807) is 0 Å². The maximum atomic E-state index is 6.53. The Balaban J connectivity index is 1.27. The van der Waals surface area contributed by atoms with Gasteiger partial charge in [-0.3, -0.25) is 4.57 Å². The molecule has 6 heteroatoms. The Labute approximate surface area is 269 Å². The SMILES string of the molecule is c1ccc2c(c1)oc1c(-c3ccc4sc5ccccc5c4c3)nc(-n3c4ccccc4c4c5sc6ccccc6c5ccc43)nc12. The largest absolute Gasteiger partial charge is 0.452 e. The minimum Gasteiger partial charge on any atom is -0.452 e. The highest BCUT2D eigenvalue weighted by Gasteiger charge is 2.23. The van der Waals surface area contributed by atoms with E-state index < -0.39 is 0 Å². The van der Waals surface area contributed by atoms with Crippen LogP contribution < -0.4 is 0 Å². The van der Waals surface area contributed by atoms with Gasteiger partial charge in [0.1, 0.15) is 16.8 Å². The Hall–Kier alpha value is -5.56. The van der Waals surface area contributed by atoms with Crippen LogP contribution in [0.5, 0.6) is 0 Å². The standard InChI is InChI=1S/C40H21N3OS2/c1-5-13-29-26(11-1)35-30(19-18-25-23-9-3-8-16-33(23)46-39(25)35)43(29)40-41-36(38-37(42-40)27-12-2-6-14-31(27)44-38)22-17-20-34-28(21-22)24-10-4-7-15-32(24)45-34/h1-21H. The predicted molar refractivity (Wildman–Crippen MR) is 195 cm³/mol. The molecule has 5 aromatic heterocycles. The van der Waals surface area contributed by atoms with E-state index in [0.717, 1.165) is 38.8 Å². The summed E-state index contributed by atoms with van der Waals surface area (Å²) in [5.41, 5.74) is 6.31. The van der Waals surface area contributed by atoms with Crippen LogP contribution in [-0.2, 0) is 0 Å². The first kappa shape index (κ1) is 24.7. The van der Waals surface area contributed by atoms with Gasteiger partial charge in [0.05, 0.1) is 11.0 Å². The maximum absolute atomic E-state index is 6.53. The van der Waals surface area contributed by atoms with Crippen LogP contribution in [0.4, 0.5) is 0 Å². The number of fused-ring (bicyclic) bond motifs is 13. The first-order valence-corrected chi connectivity index (χ1v) is 16.9. The van der Waals surface area contributed by atoms with Gasteiger partial charge >= 0.3 is 0 Å². The second-order valence-electron chi connectivity index (χ2n) is 11.7. The van der Waals surface area contributed by atoms with Crippen LogP contribution in [0.1, 0.15) is 0 Å². The van der Waals surface area contributed by atoms with E-state index in [9.17, 15) is 0 Å². The molecule has 0 fully saturated rings. The summed E-state index contributed by atoms with van der Waals surface area (Å²) < 4.78 is 13.9. The van der Waals surface area contributed by atoms with Crippen LogP contribution in [0.25, 0.3) is 101 Å². The molecule has 0 bridgehead atoms. The van der Waals surface area contributed by atoms with Crippen LogP contribution in [0.15, 0.2) is 132 Å². The van der Waals surface area contributed by atoms with E-state index in [1.807, 2.05) is 40.9 Å². The fraction of sp³-hybridized carbons (Fsp3) is 0. The molecule has 11 aromatic rings. The number of hydrogen-bond acceptors (Lipinski definition) is 5. The topological polar surface area (TPSA) is 43.9 Å². The summed E-state index contributed by atoms with van der Waals surface area (Å²) in [4.78, 5) is 10.6. The Morgan fingerprint density at radius 1 is 0.522 bits per heavy atom. The predicted octanol–water partition coefficient (Wildman–Crippen LogP) is 11.9. The molecular formula is C40H21N3OS2. The fourth-order valence-electron chi connectivity index (χ4n) is 7.20. The Bertz CT molecular complexity index is 3050. The summed E-state index contributed by atoms with van der Waals surface area (Å²) in [5.74, 6) is 0.635. The Kier molecular flexibility index (Phi) is 4.84. The fourth-order valence-corrected chi connectivity index (χ4v) is 9.54. The van der Waals surface area contributed by atoms with Gasteiger partial charge in [0, 0.05) is 62.1 Å². The monoisotopic (exact) mass is 623 g/mol. The Morgan fingerprint density at radius 3 is 2.09 bits per heavy atom. The second-order valence-corrected chi connectivity index (χ2v) is 13.9. The number of thiophene rings is 2. The lowest BCUT2D eigenvalue weighted by molar-refractivity contribution is 0.666. The van der Waals surface area contributed by atoms with E-state index >= 15 is 0 Å². The van der Waals surface area contributed by atoms with Crippen LogP contribution >= 0.6 is 22.7 Å². The van der Waals surface area contributed by atoms with Crippen molar-refractivity contribution in [2.45, 2.75) is 0 Å². The zero-order valence-corrected chi connectivity index (χ0v) is 25.8. The number of para-hydroxylation sites is 2. The molecule has 0 saturated heterocycles. The third-order valence-electron chi connectivity index (χ3n) is 9.24. The number of rotatable bonds is 2. The summed E-state index contributed by atoms with van der Waals surface area (Å²) in [6, 6.07) is 45.2. The van der Waals surface area contributed by atoms with Gasteiger partial charge in [0.2, 0.25) is 5.95 Å². The molecule has 0 aliphatic carbocycles. The summed E-state index contributed by atoms with van der Waals surface area (Å²) >= 11 is 3.67. The lowest BCUT2D eigenvalue weighted by atomic mass is 10.1. The molecule has 0 aliphatic heterocycles. The van der Waals surface area contributed by atoms with Crippen molar-refractivity contribution in [3.63, 3.8) is 0 Å². The molecule has 0 spiro atoms. The van der Waals surface area contributed by atoms with Crippen LogP contribution in [0, 0.1) is 0 Å². The number of hydrogen-bond donors (Lipinski definition) is 0. The van der Waals surface area contributed by atoms with Crippen molar-refractivity contribution in [2.75, 3.05) is 0 Å². The minimum atomic E-state index is 0.635. The van der Waals surface area contributed by atoms with E-state index in [0.29, 0.717) is 11.5 Å². The Morgan fingerprint density at radius 2 is 1.22 bits per heavy atom. The van der Waals surface area contributed by atoms with Crippen molar-refractivity contribution in [1.82, 2.24) is 14.5 Å². The van der Waals surface area contributed by atoms with E-state index in [2.05, 4.69) is 114 Å². The quantitative estimate of drug-likeness (QED) is 0.192. The van der Waals surface area contributed by atoms with Crippen LogP contribution in [0.2, 0.25) is 0 Å². The van der Waals surface area contributed by atoms with E-state index in [-0.39, 0.29) is 0 Å². The van der Waals surface area contributed by atoms with Gasteiger partial charge < -0.3 is 4.42 Å². The molecule has 5 heterocycles. The molecule has 4 nitrogen and oxygen atoms in total.